The molecule has 0 radical (unpaired) electrons. The number of amides is 2. The van der Waals surface area contributed by atoms with Crippen LogP contribution in [0.25, 0.3) is 21.8 Å². The lowest BCUT2D eigenvalue weighted by Crippen LogP contribution is -2.41. The first-order chi connectivity index (χ1) is 17.9. The van der Waals surface area contributed by atoms with Crippen molar-refractivity contribution in [1.82, 2.24) is 9.47 Å². The van der Waals surface area contributed by atoms with Crippen molar-refractivity contribution < 1.29 is 19.1 Å². The van der Waals surface area contributed by atoms with Crippen LogP contribution in [0, 0.1) is 6.92 Å². The summed E-state index contributed by atoms with van der Waals surface area (Å²) in [7, 11) is 0. The maximum absolute atomic E-state index is 12.9. The predicted octanol–water partition coefficient (Wildman–Crippen LogP) is 3.88. The molecule has 1 heterocycles. The first-order valence-electron chi connectivity index (χ1n) is 12.2. The van der Waals surface area contributed by atoms with E-state index < -0.39 is 18.5 Å². The Morgan fingerprint density at radius 2 is 1.49 bits per heavy atom. The molecule has 4 rings (SSSR count). The molecule has 4 aromatic rings. The van der Waals surface area contributed by atoms with Gasteiger partial charge in [-0.1, -0.05) is 49.4 Å². The minimum Gasteiger partial charge on any atom is -0.454 e. The van der Waals surface area contributed by atoms with Gasteiger partial charge < -0.3 is 19.5 Å². The molecule has 3 aromatic carbocycles. The number of carbonyl (C=O) groups excluding carboxylic acids is 3. The molecule has 190 valence electrons. The van der Waals surface area contributed by atoms with Gasteiger partial charge in [0.15, 0.2) is 12.0 Å². The van der Waals surface area contributed by atoms with Crippen LogP contribution in [0.2, 0.25) is 0 Å². The van der Waals surface area contributed by atoms with Gasteiger partial charge in [-0.2, -0.15) is 0 Å². The van der Waals surface area contributed by atoms with Crippen LogP contribution in [0.5, 0.6) is 0 Å². The van der Waals surface area contributed by atoms with E-state index in [1.54, 1.807) is 59.2 Å². The van der Waals surface area contributed by atoms with Crippen LogP contribution in [0.3, 0.4) is 0 Å². The summed E-state index contributed by atoms with van der Waals surface area (Å²) in [5.74, 6) is -1.40. The molecule has 0 aliphatic heterocycles. The molecule has 1 aromatic heterocycles. The predicted molar refractivity (Wildman–Crippen MR) is 143 cm³/mol. The van der Waals surface area contributed by atoms with Crippen molar-refractivity contribution in [2.75, 3.05) is 25.0 Å². The van der Waals surface area contributed by atoms with E-state index in [2.05, 4.69) is 5.32 Å². The van der Waals surface area contributed by atoms with Gasteiger partial charge in [-0.25, -0.2) is 0 Å². The number of para-hydroxylation sites is 3. The van der Waals surface area contributed by atoms with E-state index in [1.165, 1.54) is 4.90 Å². The summed E-state index contributed by atoms with van der Waals surface area (Å²) < 4.78 is 7.04. The largest absolute Gasteiger partial charge is 0.454 e. The minimum atomic E-state index is -0.617. The Kier molecular flexibility index (Phi) is 7.98. The number of rotatable bonds is 9. The van der Waals surface area contributed by atoms with E-state index in [0.717, 1.165) is 5.56 Å². The molecule has 37 heavy (non-hydrogen) atoms. The Bertz CT molecular complexity index is 1470. The van der Waals surface area contributed by atoms with Crippen LogP contribution in [0.4, 0.5) is 5.69 Å². The number of aromatic nitrogens is 1. The maximum atomic E-state index is 12.9. The number of nitrogens with zero attached hydrogens (tertiary/aromatic N) is 2. The number of hydrogen-bond acceptors (Lipinski definition) is 5. The van der Waals surface area contributed by atoms with Crippen molar-refractivity contribution >= 4 is 45.3 Å². The summed E-state index contributed by atoms with van der Waals surface area (Å²) in [5.41, 5.74) is 2.71. The molecule has 0 saturated carbocycles. The quantitative estimate of drug-likeness (QED) is 0.278. The molecule has 0 unspecified atom stereocenters. The van der Waals surface area contributed by atoms with Crippen molar-refractivity contribution in [3.8, 4) is 0 Å². The van der Waals surface area contributed by atoms with Gasteiger partial charge in [-0.15, -0.1) is 0 Å². The molecule has 0 saturated heterocycles. The monoisotopic (exact) mass is 499 g/mol. The van der Waals surface area contributed by atoms with Crippen molar-refractivity contribution in [3.05, 3.63) is 88.6 Å². The molecule has 0 aliphatic carbocycles. The van der Waals surface area contributed by atoms with E-state index in [9.17, 15) is 19.2 Å². The Hall–Kier alpha value is -4.46. The van der Waals surface area contributed by atoms with Gasteiger partial charge >= 0.3 is 5.97 Å². The highest BCUT2D eigenvalue weighted by molar-refractivity contribution is 5.96. The van der Waals surface area contributed by atoms with E-state index in [-0.39, 0.29) is 24.4 Å². The average molecular weight is 500 g/mol. The minimum absolute atomic E-state index is 0.106. The summed E-state index contributed by atoms with van der Waals surface area (Å²) in [6.45, 7) is 3.35. The van der Waals surface area contributed by atoms with Gasteiger partial charge in [0, 0.05) is 23.0 Å². The highest BCUT2D eigenvalue weighted by atomic mass is 16.5. The van der Waals surface area contributed by atoms with Crippen LogP contribution in [-0.4, -0.2) is 46.9 Å². The Labute approximate surface area is 214 Å². The second-order valence-electron chi connectivity index (χ2n) is 8.79. The topological polar surface area (TPSA) is 97.7 Å². The molecule has 0 aliphatic rings. The fourth-order valence-corrected chi connectivity index (χ4v) is 4.29. The number of aryl methyl sites for hydroxylation is 1. The maximum Gasteiger partial charge on any atom is 0.326 e. The molecule has 0 fully saturated rings. The number of ether oxygens (including phenoxy) is 1. The molecule has 0 bridgehead atoms. The van der Waals surface area contributed by atoms with E-state index in [4.69, 9.17) is 4.74 Å². The first kappa shape index (κ1) is 25.6. The fraction of sp³-hybridized carbons (Fsp3) is 0.241. The number of anilines is 1. The average Bonchev–Trinajstić information content (AvgIpc) is 2.90. The third-order valence-corrected chi connectivity index (χ3v) is 6.12. The number of carbonyl (C=O) groups is 3. The molecular weight excluding hydrogens is 470 g/mol. The smallest absolute Gasteiger partial charge is 0.326 e. The van der Waals surface area contributed by atoms with Gasteiger partial charge in [-0.05, 0) is 49.2 Å². The van der Waals surface area contributed by atoms with Gasteiger partial charge in [0.2, 0.25) is 5.91 Å². The third kappa shape index (κ3) is 5.86. The zero-order valence-electron chi connectivity index (χ0n) is 20.9. The van der Waals surface area contributed by atoms with E-state index in [1.807, 2.05) is 32.0 Å². The standard InChI is InChI=1S/C29H29N3O5/c1-3-16-31(17-26(33)30-23-13-7-4-10-20(23)2)27(34)19-37-28(35)18-32-24-14-8-5-11-21(24)29(36)22-12-6-9-15-25(22)32/h4-15H,3,16-19H2,1-2H3,(H,30,33). The van der Waals surface area contributed by atoms with E-state index >= 15 is 0 Å². The lowest BCUT2D eigenvalue weighted by molar-refractivity contribution is -0.152. The number of nitrogens with one attached hydrogen (secondary N) is 1. The van der Waals surface area contributed by atoms with Crippen molar-refractivity contribution in [2.45, 2.75) is 26.8 Å². The first-order valence-corrected chi connectivity index (χ1v) is 12.2. The summed E-state index contributed by atoms with van der Waals surface area (Å²) >= 11 is 0. The van der Waals surface area contributed by atoms with Crippen molar-refractivity contribution in [2.24, 2.45) is 0 Å². The Morgan fingerprint density at radius 3 is 2.11 bits per heavy atom. The zero-order valence-corrected chi connectivity index (χ0v) is 20.9. The lowest BCUT2D eigenvalue weighted by atomic mass is 10.1. The van der Waals surface area contributed by atoms with Crippen LogP contribution >= 0.6 is 0 Å². The van der Waals surface area contributed by atoms with E-state index in [0.29, 0.717) is 40.5 Å². The third-order valence-electron chi connectivity index (χ3n) is 6.12. The van der Waals surface area contributed by atoms with Crippen LogP contribution in [-0.2, 0) is 25.7 Å². The van der Waals surface area contributed by atoms with Gasteiger partial charge in [-0.3, -0.25) is 19.2 Å². The summed E-state index contributed by atoms with van der Waals surface area (Å²) in [6.07, 6.45) is 0.646. The van der Waals surface area contributed by atoms with Crippen molar-refractivity contribution in [3.63, 3.8) is 0 Å². The normalized spacial score (nSPS) is 10.9. The highest BCUT2D eigenvalue weighted by Gasteiger charge is 2.20. The highest BCUT2D eigenvalue weighted by Crippen LogP contribution is 2.19. The van der Waals surface area contributed by atoms with Crippen LogP contribution in [0.1, 0.15) is 18.9 Å². The molecule has 8 nitrogen and oxygen atoms in total. The molecule has 1 N–H and O–H groups in total. The van der Waals surface area contributed by atoms with Gasteiger partial charge in [0.1, 0.15) is 6.54 Å². The number of pyridine rings is 1. The second-order valence-corrected chi connectivity index (χ2v) is 8.79. The Morgan fingerprint density at radius 1 is 0.892 bits per heavy atom. The van der Waals surface area contributed by atoms with Crippen LogP contribution in [0.15, 0.2) is 77.6 Å². The molecule has 0 atom stereocenters. The SMILES string of the molecule is CCCN(CC(=O)Nc1ccccc1C)C(=O)COC(=O)Cn1c2ccccc2c(=O)c2ccccc21. The van der Waals surface area contributed by atoms with Crippen molar-refractivity contribution in [1.29, 1.82) is 0 Å². The molecule has 2 amide bonds. The second kappa shape index (κ2) is 11.5. The Balaban J connectivity index is 1.44. The zero-order chi connectivity index (χ0) is 26.4. The molecule has 0 spiro atoms. The van der Waals surface area contributed by atoms with Gasteiger partial charge in [0.25, 0.3) is 5.91 Å². The number of esters is 1. The summed E-state index contributed by atoms with van der Waals surface area (Å²) in [4.78, 5) is 52.5. The molecular formula is C29H29N3O5. The fourth-order valence-electron chi connectivity index (χ4n) is 4.29. The number of hydrogen-bond donors (Lipinski definition) is 1. The number of fused-ring (bicyclic) bond motifs is 2. The van der Waals surface area contributed by atoms with Gasteiger partial charge in [0.05, 0.1) is 17.6 Å². The summed E-state index contributed by atoms with van der Waals surface area (Å²) in [6, 6.07) is 21.5. The summed E-state index contributed by atoms with van der Waals surface area (Å²) in [5, 5.41) is 3.82. The van der Waals surface area contributed by atoms with Crippen LogP contribution < -0.4 is 10.7 Å². The number of benzene rings is 3. The lowest BCUT2D eigenvalue weighted by Gasteiger charge is -2.22. The molecule has 8 heteroatoms.